The third-order valence-corrected chi connectivity index (χ3v) is 4.37. The monoisotopic (exact) mass is 403 g/mol. The van der Waals surface area contributed by atoms with E-state index in [0.717, 1.165) is 9.13 Å². The molecule has 2 N–H and O–H groups in total. The van der Waals surface area contributed by atoms with E-state index in [2.05, 4.69) is 38.2 Å². The third kappa shape index (κ3) is 3.95. The lowest BCUT2D eigenvalue weighted by Gasteiger charge is -2.08. The smallest absolute Gasteiger partial charge is 0.257 e. The molecule has 4 nitrogen and oxygen atoms in total. The van der Waals surface area contributed by atoms with E-state index in [1.807, 2.05) is 24.4 Å². The van der Waals surface area contributed by atoms with Crippen molar-refractivity contribution in [2.45, 2.75) is 6.92 Å². The first-order chi connectivity index (χ1) is 9.06. The predicted molar refractivity (Wildman–Crippen MR) is 89.7 cm³/mol. The van der Waals surface area contributed by atoms with Crippen LogP contribution in [-0.4, -0.2) is 16.0 Å². The molecular weight excluding hydrogens is 393 g/mol. The molecule has 0 aliphatic carbocycles. The molecule has 2 aromatic rings. The molecule has 0 atom stereocenters. The summed E-state index contributed by atoms with van der Waals surface area (Å²) in [6.07, 6.45) is 1.67. The van der Waals surface area contributed by atoms with Crippen molar-refractivity contribution in [3.63, 3.8) is 0 Å². The number of anilines is 1. The van der Waals surface area contributed by atoms with Crippen LogP contribution >= 0.6 is 46.1 Å². The minimum atomic E-state index is -0.230. The van der Waals surface area contributed by atoms with Gasteiger partial charge < -0.3 is 5.32 Å². The molecule has 0 spiro atoms. The molecule has 1 aromatic heterocycles. The van der Waals surface area contributed by atoms with Crippen LogP contribution in [0.25, 0.3) is 0 Å². The van der Waals surface area contributed by atoms with Gasteiger partial charge in [0.15, 0.2) is 10.2 Å². The molecule has 0 saturated heterocycles. The largest absolute Gasteiger partial charge is 0.308 e. The highest BCUT2D eigenvalue weighted by Gasteiger charge is 2.09. The summed E-state index contributed by atoms with van der Waals surface area (Å²) in [4.78, 5) is 16.0. The second-order valence-corrected chi connectivity index (χ2v) is 6.17. The van der Waals surface area contributed by atoms with Crippen LogP contribution in [0.4, 0.5) is 5.13 Å². The number of rotatable bonds is 2. The van der Waals surface area contributed by atoms with Gasteiger partial charge in [0.1, 0.15) is 0 Å². The summed E-state index contributed by atoms with van der Waals surface area (Å²) in [6.45, 7) is 2.00. The van der Waals surface area contributed by atoms with E-state index in [4.69, 9.17) is 12.2 Å². The lowest BCUT2D eigenvalue weighted by atomic mass is 10.1. The molecule has 2 rings (SSSR count). The first-order valence-electron chi connectivity index (χ1n) is 5.34. The van der Waals surface area contributed by atoms with Crippen LogP contribution in [0.1, 0.15) is 15.9 Å². The first-order valence-corrected chi connectivity index (χ1v) is 7.71. The molecule has 0 saturated carbocycles. The van der Waals surface area contributed by atoms with Gasteiger partial charge in [0, 0.05) is 20.7 Å². The Labute approximate surface area is 133 Å². The molecule has 0 aliphatic heterocycles. The summed E-state index contributed by atoms with van der Waals surface area (Å²) in [5, 5.41) is 8.21. The Bertz CT molecular complexity index is 613. The zero-order valence-corrected chi connectivity index (χ0v) is 13.7. The van der Waals surface area contributed by atoms with Crippen LogP contribution in [-0.2, 0) is 0 Å². The van der Waals surface area contributed by atoms with Crippen molar-refractivity contribution < 1.29 is 4.79 Å². The fraction of sp³-hybridized carbons (Fsp3) is 0.0833. The fourth-order valence-electron chi connectivity index (χ4n) is 1.32. The van der Waals surface area contributed by atoms with E-state index >= 15 is 0 Å². The SMILES string of the molecule is Cc1ccc(C(=O)NC(=S)Nc2nccs2)cc1I. The van der Waals surface area contributed by atoms with Gasteiger partial charge >= 0.3 is 0 Å². The Hall–Kier alpha value is -1.06. The topological polar surface area (TPSA) is 54.0 Å². The van der Waals surface area contributed by atoms with E-state index in [1.165, 1.54) is 11.3 Å². The number of carbonyl (C=O) groups is 1. The van der Waals surface area contributed by atoms with E-state index in [1.54, 1.807) is 12.3 Å². The molecule has 7 heteroatoms. The van der Waals surface area contributed by atoms with Gasteiger partial charge in [-0.2, -0.15) is 0 Å². The third-order valence-electron chi connectivity index (χ3n) is 2.31. The molecule has 0 radical (unpaired) electrons. The van der Waals surface area contributed by atoms with Crippen LogP contribution in [0, 0.1) is 10.5 Å². The van der Waals surface area contributed by atoms with Crippen LogP contribution in [0.5, 0.6) is 0 Å². The number of aryl methyl sites for hydroxylation is 1. The normalized spacial score (nSPS) is 10.0. The van der Waals surface area contributed by atoms with Crippen LogP contribution in [0.3, 0.4) is 0 Å². The number of thiocarbonyl (C=S) groups is 1. The van der Waals surface area contributed by atoms with Crippen LogP contribution < -0.4 is 10.6 Å². The maximum atomic E-state index is 12.0. The zero-order chi connectivity index (χ0) is 13.8. The molecule has 1 amide bonds. The Morgan fingerprint density at radius 3 is 2.89 bits per heavy atom. The van der Waals surface area contributed by atoms with Crippen molar-refractivity contribution in [1.29, 1.82) is 0 Å². The Morgan fingerprint density at radius 1 is 1.47 bits per heavy atom. The van der Waals surface area contributed by atoms with E-state index in [9.17, 15) is 4.79 Å². The molecule has 1 heterocycles. The van der Waals surface area contributed by atoms with Gasteiger partial charge in [0.2, 0.25) is 0 Å². The molecular formula is C12H10IN3OS2. The van der Waals surface area contributed by atoms with Gasteiger partial charge in [-0.3, -0.25) is 10.1 Å². The minimum Gasteiger partial charge on any atom is -0.308 e. The lowest BCUT2D eigenvalue weighted by Crippen LogP contribution is -2.34. The molecule has 1 aromatic carbocycles. The average molecular weight is 403 g/mol. The Kier molecular flexibility index (Phi) is 4.83. The standard InChI is InChI=1S/C12H10IN3OS2/c1-7-2-3-8(6-9(7)13)10(17)15-11(18)16-12-14-4-5-19-12/h2-6H,1H3,(H2,14,15,16,17,18). The minimum absolute atomic E-state index is 0.230. The molecule has 0 fully saturated rings. The molecule has 0 unspecified atom stereocenters. The van der Waals surface area contributed by atoms with Crippen molar-refractivity contribution in [2.24, 2.45) is 0 Å². The summed E-state index contributed by atoms with van der Waals surface area (Å²) < 4.78 is 1.05. The van der Waals surface area contributed by atoms with Crippen LogP contribution in [0.15, 0.2) is 29.8 Å². The quantitative estimate of drug-likeness (QED) is 0.598. The number of carbonyl (C=O) groups excluding carboxylic acids is 1. The highest BCUT2D eigenvalue weighted by molar-refractivity contribution is 14.1. The number of thiazole rings is 1. The summed E-state index contributed by atoms with van der Waals surface area (Å²) in [5.41, 5.74) is 1.72. The van der Waals surface area contributed by atoms with Crippen molar-refractivity contribution in [3.8, 4) is 0 Å². The van der Waals surface area contributed by atoms with Gasteiger partial charge in [0.05, 0.1) is 0 Å². The van der Waals surface area contributed by atoms with Crippen LogP contribution in [0.2, 0.25) is 0 Å². The Balaban J connectivity index is 2.00. The maximum absolute atomic E-state index is 12.0. The predicted octanol–water partition coefficient (Wildman–Crippen LogP) is 3.18. The molecule has 98 valence electrons. The summed E-state index contributed by atoms with van der Waals surface area (Å²) >= 11 is 8.67. The highest BCUT2D eigenvalue weighted by Crippen LogP contribution is 2.14. The fourth-order valence-corrected chi connectivity index (χ4v) is 2.63. The van der Waals surface area contributed by atoms with Gasteiger partial charge in [-0.15, -0.1) is 11.3 Å². The number of amides is 1. The summed E-state index contributed by atoms with van der Waals surface area (Å²) in [6, 6.07) is 5.52. The second-order valence-electron chi connectivity index (χ2n) is 3.71. The highest BCUT2D eigenvalue weighted by atomic mass is 127. The zero-order valence-electron chi connectivity index (χ0n) is 9.94. The van der Waals surface area contributed by atoms with Gasteiger partial charge in [-0.05, 0) is 59.4 Å². The van der Waals surface area contributed by atoms with E-state index in [0.29, 0.717) is 10.7 Å². The Morgan fingerprint density at radius 2 is 2.26 bits per heavy atom. The van der Waals surface area contributed by atoms with E-state index in [-0.39, 0.29) is 11.0 Å². The molecule has 0 aliphatic rings. The number of nitrogens with one attached hydrogen (secondary N) is 2. The second kappa shape index (κ2) is 6.40. The maximum Gasteiger partial charge on any atom is 0.257 e. The number of aromatic nitrogens is 1. The first kappa shape index (κ1) is 14.4. The van der Waals surface area contributed by atoms with Gasteiger partial charge in [0.25, 0.3) is 5.91 Å². The number of hydrogen-bond acceptors (Lipinski definition) is 4. The summed E-state index contributed by atoms with van der Waals surface area (Å²) in [5.74, 6) is -0.230. The van der Waals surface area contributed by atoms with Gasteiger partial charge in [-0.1, -0.05) is 6.07 Å². The number of nitrogens with zero attached hydrogens (tertiary/aromatic N) is 1. The average Bonchev–Trinajstić information content (AvgIpc) is 2.85. The van der Waals surface area contributed by atoms with Crippen molar-refractivity contribution in [1.82, 2.24) is 10.3 Å². The summed E-state index contributed by atoms with van der Waals surface area (Å²) in [7, 11) is 0. The lowest BCUT2D eigenvalue weighted by molar-refractivity contribution is 0.0977. The van der Waals surface area contributed by atoms with Crippen molar-refractivity contribution in [2.75, 3.05) is 5.32 Å². The van der Waals surface area contributed by atoms with Crippen molar-refractivity contribution >= 4 is 62.3 Å². The molecule has 0 bridgehead atoms. The number of halogens is 1. The number of benzene rings is 1. The molecule has 19 heavy (non-hydrogen) atoms. The van der Waals surface area contributed by atoms with E-state index < -0.39 is 0 Å². The van der Waals surface area contributed by atoms with Crippen molar-refractivity contribution in [3.05, 3.63) is 44.5 Å². The number of hydrogen-bond donors (Lipinski definition) is 2. The van der Waals surface area contributed by atoms with Gasteiger partial charge in [-0.25, -0.2) is 4.98 Å².